The lowest BCUT2D eigenvalue weighted by molar-refractivity contribution is -0.118. The Morgan fingerprint density at radius 1 is 1.24 bits per heavy atom. The van der Waals surface area contributed by atoms with Crippen molar-refractivity contribution in [2.75, 3.05) is 13.1 Å². The molecule has 2 amide bonds. The Balaban J connectivity index is 2.14. The summed E-state index contributed by atoms with van der Waals surface area (Å²) in [5, 5.41) is 6.25. The molecule has 110 valence electrons. The number of carbonyl (C=O) groups excluding carboxylic acids is 2. The molecule has 1 aromatic carbocycles. The van der Waals surface area contributed by atoms with Gasteiger partial charge in [0, 0.05) is 29.9 Å². The molecule has 0 bridgehead atoms. The van der Waals surface area contributed by atoms with Gasteiger partial charge in [0.25, 0.3) is 5.91 Å². The smallest absolute Gasteiger partial charge is 0.254 e. The van der Waals surface area contributed by atoms with Crippen molar-refractivity contribution in [3.05, 3.63) is 39.5 Å². The van der Waals surface area contributed by atoms with E-state index in [2.05, 4.69) is 31.5 Å². The van der Waals surface area contributed by atoms with Gasteiger partial charge in [-0.15, -0.1) is 0 Å². The summed E-state index contributed by atoms with van der Waals surface area (Å²) >= 11 is 9.42. The summed E-state index contributed by atoms with van der Waals surface area (Å²) in [4.78, 5) is 27.0. The van der Waals surface area contributed by atoms with Crippen LogP contribution in [0.5, 0.6) is 0 Å². The van der Waals surface area contributed by atoms with E-state index in [1.807, 2.05) is 18.2 Å². The molecule has 0 aliphatic rings. The van der Waals surface area contributed by atoms with Gasteiger partial charge < -0.3 is 10.6 Å². The van der Waals surface area contributed by atoms with Crippen molar-refractivity contribution in [2.45, 2.75) is 6.92 Å². The predicted molar refractivity (Wildman–Crippen MR) is 85.5 cm³/mol. The molecule has 0 saturated heterocycles. The fourth-order valence-corrected chi connectivity index (χ4v) is 2.40. The zero-order chi connectivity index (χ0) is 15.4. The Morgan fingerprint density at radius 3 is 2.67 bits per heavy atom. The van der Waals surface area contributed by atoms with E-state index in [1.54, 1.807) is 6.07 Å². The second-order valence-electron chi connectivity index (χ2n) is 4.40. The number of amides is 2. The number of halogens is 2. The van der Waals surface area contributed by atoms with E-state index in [1.165, 1.54) is 6.92 Å². The predicted octanol–water partition coefficient (Wildman–Crippen LogP) is 2.52. The van der Waals surface area contributed by atoms with E-state index in [0.717, 1.165) is 15.4 Å². The first-order valence-electron chi connectivity index (χ1n) is 6.26. The number of pyridine rings is 1. The van der Waals surface area contributed by atoms with Crippen molar-refractivity contribution in [2.24, 2.45) is 0 Å². The second kappa shape index (κ2) is 6.87. The molecule has 7 heteroatoms. The van der Waals surface area contributed by atoms with Gasteiger partial charge in [-0.1, -0.05) is 27.5 Å². The number of benzene rings is 1. The van der Waals surface area contributed by atoms with Gasteiger partial charge in [0.2, 0.25) is 5.91 Å². The Morgan fingerprint density at radius 2 is 1.95 bits per heavy atom. The molecule has 0 unspecified atom stereocenters. The minimum atomic E-state index is -0.320. The van der Waals surface area contributed by atoms with Crippen molar-refractivity contribution in [1.29, 1.82) is 0 Å². The fourth-order valence-electron chi connectivity index (χ4n) is 1.79. The number of fused-ring (bicyclic) bond motifs is 1. The Hall–Kier alpha value is -1.66. The summed E-state index contributed by atoms with van der Waals surface area (Å²) in [6, 6.07) is 7.25. The number of hydrogen-bond donors (Lipinski definition) is 2. The van der Waals surface area contributed by atoms with E-state index in [0.29, 0.717) is 18.7 Å². The lowest BCUT2D eigenvalue weighted by Gasteiger charge is -2.08. The molecule has 1 heterocycles. The highest BCUT2D eigenvalue weighted by Gasteiger charge is 2.12. The van der Waals surface area contributed by atoms with Gasteiger partial charge in [0.1, 0.15) is 5.15 Å². The summed E-state index contributed by atoms with van der Waals surface area (Å²) in [5.74, 6) is -0.459. The number of aromatic nitrogens is 1. The monoisotopic (exact) mass is 369 g/mol. The van der Waals surface area contributed by atoms with Crippen LogP contribution in [0.1, 0.15) is 17.3 Å². The molecular weight excluding hydrogens is 358 g/mol. The van der Waals surface area contributed by atoms with Crippen molar-refractivity contribution in [3.63, 3.8) is 0 Å². The van der Waals surface area contributed by atoms with Crippen LogP contribution in [0.25, 0.3) is 10.9 Å². The first-order chi connectivity index (χ1) is 9.97. The third kappa shape index (κ3) is 4.15. The van der Waals surface area contributed by atoms with Crippen molar-refractivity contribution < 1.29 is 9.59 Å². The molecule has 5 nitrogen and oxygen atoms in total. The first kappa shape index (κ1) is 15.7. The van der Waals surface area contributed by atoms with E-state index in [9.17, 15) is 9.59 Å². The summed E-state index contributed by atoms with van der Waals surface area (Å²) in [6.07, 6.45) is 0. The van der Waals surface area contributed by atoms with Gasteiger partial charge in [-0.2, -0.15) is 0 Å². The van der Waals surface area contributed by atoms with Crippen LogP contribution in [-0.4, -0.2) is 29.9 Å². The summed E-state index contributed by atoms with van der Waals surface area (Å²) in [6.45, 7) is 2.11. The molecular formula is C14H13BrClN3O2. The highest BCUT2D eigenvalue weighted by Crippen LogP contribution is 2.23. The van der Waals surface area contributed by atoms with E-state index < -0.39 is 0 Å². The van der Waals surface area contributed by atoms with Crippen LogP contribution in [0.15, 0.2) is 28.7 Å². The molecule has 2 aromatic rings. The normalized spacial score (nSPS) is 10.4. The maximum atomic E-state index is 12.1. The number of rotatable bonds is 4. The summed E-state index contributed by atoms with van der Waals surface area (Å²) in [5.41, 5.74) is 1.03. The molecule has 0 saturated carbocycles. The van der Waals surface area contributed by atoms with Gasteiger partial charge in [-0.25, -0.2) is 4.98 Å². The molecule has 2 N–H and O–H groups in total. The third-order valence-corrected chi connectivity index (χ3v) is 3.54. The Kier molecular flexibility index (Phi) is 5.14. The third-order valence-electron chi connectivity index (χ3n) is 2.76. The molecule has 2 rings (SSSR count). The van der Waals surface area contributed by atoms with Gasteiger partial charge in [-0.05, 0) is 24.3 Å². The fraction of sp³-hybridized carbons (Fsp3) is 0.214. The van der Waals surface area contributed by atoms with E-state index in [4.69, 9.17) is 11.6 Å². The number of hydrogen-bond acceptors (Lipinski definition) is 3. The van der Waals surface area contributed by atoms with Crippen molar-refractivity contribution in [1.82, 2.24) is 15.6 Å². The van der Waals surface area contributed by atoms with Gasteiger partial charge >= 0.3 is 0 Å². The van der Waals surface area contributed by atoms with Crippen molar-refractivity contribution >= 4 is 50.2 Å². The standard InChI is InChI=1S/C14H13BrClN3O2/c1-8(20)17-4-5-18-14(21)11-7-9-6-10(15)2-3-12(9)19-13(11)16/h2-3,6-7H,4-5H2,1H3,(H,17,20)(H,18,21). The van der Waals surface area contributed by atoms with Crippen LogP contribution in [0, 0.1) is 0 Å². The van der Waals surface area contributed by atoms with Crippen LogP contribution in [0.4, 0.5) is 0 Å². The Bertz CT molecular complexity index is 706. The maximum Gasteiger partial charge on any atom is 0.254 e. The lowest BCUT2D eigenvalue weighted by Crippen LogP contribution is -2.33. The quantitative estimate of drug-likeness (QED) is 0.642. The molecule has 0 aliphatic heterocycles. The Labute approximate surface area is 135 Å². The van der Waals surface area contributed by atoms with E-state index >= 15 is 0 Å². The SMILES string of the molecule is CC(=O)NCCNC(=O)c1cc2cc(Br)ccc2nc1Cl. The van der Waals surface area contributed by atoms with Crippen LogP contribution in [-0.2, 0) is 4.79 Å². The number of nitrogens with one attached hydrogen (secondary N) is 2. The van der Waals surface area contributed by atoms with Crippen LogP contribution < -0.4 is 10.6 Å². The molecule has 0 radical (unpaired) electrons. The summed E-state index contributed by atoms with van der Waals surface area (Å²) in [7, 11) is 0. The van der Waals surface area contributed by atoms with Gasteiger partial charge in [0.05, 0.1) is 11.1 Å². The number of carbonyl (C=O) groups is 2. The summed E-state index contributed by atoms with van der Waals surface area (Å²) < 4.78 is 0.899. The largest absolute Gasteiger partial charge is 0.355 e. The second-order valence-corrected chi connectivity index (χ2v) is 5.68. The lowest BCUT2D eigenvalue weighted by atomic mass is 10.1. The zero-order valence-electron chi connectivity index (χ0n) is 11.2. The highest BCUT2D eigenvalue weighted by atomic mass is 79.9. The molecule has 0 fully saturated rings. The van der Waals surface area contributed by atoms with Gasteiger partial charge in [-0.3, -0.25) is 9.59 Å². The van der Waals surface area contributed by atoms with Crippen LogP contribution in [0.2, 0.25) is 5.15 Å². The highest BCUT2D eigenvalue weighted by molar-refractivity contribution is 9.10. The molecule has 21 heavy (non-hydrogen) atoms. The van der Waals surface area contributed by atoms with Crippen LogP contribution in [0.3, 0.4) is 0 Å². The average Bonchev–Trinajstić information content (AvgIpc) is 2.43. The molecule has 0 spiro atoms. The minimum Gasteiger partial charge on any atom is -0.355 e. The first-order valence-corrected chi connectivity index (χ1v) is 7.43. The molecule has 0 atom stereocenters. The molecule has 0 aliphatic carbocycles. The van der Waals surface area contributed by atoms with Crippen LogP contribution >= 0.6 is 27.5 Å². The molecule has 1 aromatic heterocycles. The number of nitrogens with zero attached hydrogens (tertiary/aromatic N) is 1. The minimum absolute atomic E-state index is 0.139. The average molecular weight is 371 g/mol. The topological polar surface area (TPSA) is 71.1 Å². The zero-order valence-corrected chi connectivity index (χ0v) is 13.6. The van der Waals surface area contributed by atoms with Gasteiger partial charge in [0.15, 0.2) is 0 Å². The van der Waals surface area contributed by atoms with E-state index in [-0.39, 0.29) is 17.0 Å². The van der Waals surface area contributed by atoms with Crippen molar-refractivity contribution in [3.8, 4) is 0 Å². The maximum absolute atomic E-state index is 12.1.